The van der Waals surface area contributed by atoms with Gasteiger partial charge in [0.1, 0.15) is 5.69 Å². The summed E-state index contributed by atoms with van der Waals surface area (Å²) in [6.45, 7) is 1.76. The third kappa shape index (κ3) is 4.73. The van der Waals surface area contributed by atoms with Crippen molar-refractivity contribution in [2.75, 3.05) is 36.4 Å². The normalized spacial score (nSPS) is 18.4. The minimum absolute atomic E-state index is 0.0543. The number of carbonyl (C=O) groups is 2. The molecule has 0 aliphatic carbocycles. The molecule has 0 spiro atoms. The highest BCUT2D eigenvalue weighted by atomic mass is 35.5. The lowest BCUT2D eigenvalue weighted by molar-refractivity contribution is -0.384. The largest absolute Gasteiger partial charge is 0.362 e. The maximum atomic E-state index is 12.8. The zero-order valence-corrected chi connectivity index (χ0v) is 18.5. The van der Waals surface area contributed by atoms with Crippen LogP contribution >= 0.6 is 35.0 Å². The van der Waals surface area contributed by atoms with Crippen molar-refractivity contribution in [1.29, 1.82) is 0 Å². The molecule has 1 fully saturated rings. The van der Waals surface area contributed by atoms with Crippen LogP contribution in [0.1, 0.15) is 6.42 Å². The van der Waals surface area contributed by atoms with Crippen LogP contribution < -0.4 is 10.2 Å². The van der Waals surface area contributed by atoms with E-state index in [9.17, 15) is 19.7 Å². The van der Waals surface area contributed by atoms with Crippen LogP contribution in [0.4, 0.5) is 17.1 Å². The third-order valence-corrected chi connectivity index (χ3v) is 6.97. The van der Waals surface area contributed by atoms with E-state index in [4.69, 9.17) is 23.2 Å². The number of nitro groups is 1. The van der Waals surface area contributed by atoms with Crippen molar-refractivity contribution in [2.24, 2.45) is 0 Å². The molecule has 4 rings (SSSR count). The molecule has 0 bridgehead atoms. The summed E-state index contributed by atoms with van der Waals surface area (Å²) >= 11 is 13.2. The lowest BCUT2D eigenvalue weighted by Gasteiger charge is -2.36. The molecule has 162 valence electrons. The van der Waals surface area contributed by atoms with Gasteiger partial charge in [0.25, 0.3) is 5.69 Å². The maximum Gasteiger partial charge on any atom is 0.294 e. The number of amides is 2. The molecule has 1 atom stereocenters. The zero-order chi connectivity index (χ0) is 22.1. The number of carbonyl (C=O) groups excluding carboxylic acids is 2. The Labute approximate surface area is 192 Å². The maximum absolute atomic E-state index is 12.8. The monoisotopic (exact) mass is 480 g/mol. The molecule has 2 aliphatic rings. The molecule has 31 heavy (non-hydrogen) atoms. The molecule has 2 aromatic carbocycles. The van der Waals surface area contributed by atoms with Crippen LogP contribution in [0.25, 0.3) is 0 Å². The van der Waals surface area contributed by atoms with Gasteiger partial charge in [0.2, 0.25) is 11.8 Å². The van der Waals surface area contributed by atoms with Gasteiger partial charge < -0.3 is 15.1 Å². The average molecular weight is 481 g/mol. The Bertz CT molecular complexity index is 1060. The number of piperazine rings is 1. The first-order chi connectivity index (χ1) is 14.8. The van der Waals surface area contributed by atoms with E-state index in [1.165, 1.54) is 17.8 Å². The smallest absolute Gasteiger partial charge is 0.294 e. The number of nitrogens with zero attached hydrogens (tertiary/aromatic N) is 3. The Morgan fingerprint density at radius 1 is 1.13 bits per heavy atom. The summed E-state index contributed by atoms with van der Waals surface area (Å²) in [5.74, 6) is -0.334. The van der Waals surface area contributed by atoms with Gasteiger partial charge in [0.15, 0.2) is 0 Å². The van der Waals surface area contributed by atoms with Crippen molar-refractivity contribution < 1.29 is 14.5 Å². The van der Waals surface area contributed by atoms with Crippen LogP contribution in [0.2, 0.25) is 10.0 Å². The van der Waals surface area contributed by atoms with Crippen molar-refractivity contribution in [2.45, 2.75) is 16.6 Å². The molecule has 2 amide bonds. The minimum Gasteiger partial charge on any atom is -0.362 e. The number of thioether (sulfide) groups is 1. The minimum atomic E-state index is -0.517. The number of hydrogen-bond acceptors (Lipinski definition) is 6. The molecule has 0 saturated carbocycles. The van der Waals surface area contributed by atoms with Crippen LogP contribution in [-0.2, 0) is 9.59 Å². The van der Waals surface area contributed by atoms with E-state index in [-0.39, 0.29) is 23.9 Å². The number of rotatable bonds is 4. The highest BCUT2D eigenvalue weighted by molar-refractivity contribution is 8.01. The van der Waals surface area contributed by atoms with Crippen LogP contribution in [-0.4, -0.2) is 53.1 Å². The second kappa shape index (κ2) is 8.94. The summed E-state index contributed by atoms with van der Waals surface area (Å²) in [6, 6.07) is 9.85. The Kier molecular flexibility index (Phi) is 6.27. The fourth-order valence-electron chi connectivity index (χ4n) is 3.65. The Hall–Kier alpha value is -2.49. The Morgan fingerprint density at radius 3 is 2.52 bits per heavy atom. The van der Waals surface area contributed by atoms with Crippen molar-refractivity contribution in [3.63, 3.8) is 0 Å². The summed E-state index contributed by atoms with van der Waals surface area (Å²) in [7, 11) is 0. The van der Waals surface area contributed by atoms with E-state index in [1.54, 1.807) is 29.2 Å². The molecule has 11 heteroatoms. The Morgan fingerprint density at radius 2 is 1.81 bits per heavy atom. The molecule has 1 N–H and O–H groups in total. The van der Waals surface area contributed by atoms with E-state index in [0.717, 1.165) is 4.90 Å². The summed E-state index contributed by atoms with van der Waals surface area (Å²) in [6.07, 6.45) is 0.0830. The van der Waals surface area contributed by atoms with Gasteiger partial charge in [-0.05, 0) is 30.3 Å². The average Bonchev–Trinajstić information content (AvgIpc) is 2.74. The number of nitro benzene ring substituents is 1. The summed E-state index contributed by atoms with van der Waals surface area (Å²) in [4.78, 5) is 40.6. The first kappa shape index (κ1) is 21.7. The topological polar surface area (TPSA) is 95.8 Å². The highest BCUT2D eigenvalue weighted by Crippen LogP contribution is 2.38. The molecule has 1 saturated heterocycles. The van der Waals surface area contributed by atoms with Gasteiger partial charge in [0, 0.05) is 53.6 Å². The lowest BCUT2D eigenvalue weighted by Crippen LogP contribution is -2.50. The standard InChI is InChI=1S/C20H18Cl2N4O4S/c21-12-2-4-17-14(9-12)23-20(28)18(31-17)11-19(27)25-7-5-24(6-8-25)15-3-1-13(22)10-16(15)26(29)30/h1-4,9-10,18H,5-8,11H2,(H,23,28)/t18-/m1/s1. The van der Waals surface area contributed by atoms with Gasteiger partial charge in [-0.2, -0.15) is 0 Å². The molecule has 2 aliphatic heterocycles. The third-order valence-electron chi connectivity index (χ3n) is 5.23. The van der Waals surface area contributed by atoms with E-state index in [0.29, 0.717) is 47.6 Å². The summed E-state index contributed by atoms with van der Waals surface area (Å²) in [5, 5.41) is 14.5. The zero-order valence-electron chi connectivity index (χ0n) is 16.2. The molecule has 2 aromatic rings. The van der Waals surface area contributed by atoms with E-state index in [1.807, 2.05) is 11.0 Å². The highest BCUT2D eigenvalue weighted by Gasteiger charge is 2.32. The first-order valence-corrected chi connectivity index (χ1v) is 11.2. The number of fused-ring (bicyclic) bond motifs is 1. The van der Waals surface area contributed by atoms with Gasteiger partial charge in [-0.3, -0.25) is 19.7 Å². The fraction of sp³-hybridized carbons (Fsp3) is 0.300. The number of hydrogen-bond donors (Lipinski definition) is 1. The molecular formula is C20H18Cl2N4O4S. The molecule has 8 nitrogen and oxygen atoms in total. The number of halogens is 2. The molecule has 0 unspecified atom stereocenters. The van der Waals surface area contributed by atoms with Gasteiger partial charge in [-0.1, -0.05) is 23.2 Å². The first-order valence-electron chi connectivity index (χ1n) is 9.55. The van der Waals surface area contributed by atoms with Crippen molar-refractivity contribution in [1.82, 2.24) is 4.90 Å². The van der Waals surface area contributed by atoms with Crippen LogP contribution in [0.15, 0.2) is 41.3 Å². The second-order valence-corrected chi connectivity index (χ2v) is 9.32. The van der Waals surface area contributed by atoms with Gasteiger partial charge in [-0.15, -0.1) is 11.8 Å². The molecular weight excluding hydrogens is 463 g/mol. The molecule has 2 heterocycles. The number of benzene rings is 2. The van der Waals surface area contributed by atoms with Crippen molar-refractivity contribution in [3.8, 4) is 0 Å². The van der Waals surface area contributed by atoms with E-state index < -0.39 is 10.2 Å². The lowest BCUT2D eigenvalue weighted by atomic mass is 10.2. The number of anilines is 2. The fourth-order valence-corrected chi connectivity index (χ4v) is 5.07. The van der Waals surface area contributed by atoms with Gasteiger partial charge >= 0.3 is 0 Å². The van der Waals surface area contributed by atoms with Gasteiger partial charge in [-0.25, -0.2) is 0 Å². The van der Waals surface area contributed by atoms with Crippen LogP contribution in [0.5, 0.6) is 0 Å². The summed E-state index contributed by atoms with van der Waals surface area (Å²) < 4.78 is 0. The Balaban J connectivity index is 1.37. The predicted molar refractivity (Wildman–Crippen MR) is 121 cm³/mol. The number of nitrogens with one attached hydrogen (secondary N) is 1. The quantitative estimate of drug-likeness (QED) is 0.523. The van der Waals surface area contributed by atoms with Crippen molar-refractivity contribution in [3.05, 3.63) is 56.6 Å². The predicted octanol–water partition coefficient (Wildman–Crippen LogP) is 4.05. The van der Waals surface area contributed by atoms with Crippen molar-refractivity contribution >= 4 is 63.8 Å². The van der Waals surface area contributed by atoms with Crippen LogP contribution in [0, 0.1) is 10.1 Å². The van der Waals surface area contributed by atoms with Crippen LogP contribution in [0.3, 0.4) is 0 Å². The summed E-state index contributed by atoms with van der Waals surface area (Å²) in [5.41, 5.74) is 1.09. The molecule has 0 aromatic heterocycles. The van der Waals surface area contributed by atoms with Gasteiger partial charge in [0.05, 0.1) is 15.9 Å². The van der Waals surface area contributed by atoms with E-state index in [2.05, 4.69) is 5.32 Å². The second-order valence-electron chi connectivity index (χ2n) is 7.20. The SMILES string of the molecule is O=C1Nc2cc(Cl)ccc2S[C@@H]1CC(=O)N1CCN(c2ccc(Cl)cc2[N+](=O)[O-])CC1. The van der Waals surface area contributed by atoms with E-state index >= 15 is 0 Å². The molecule has 0 radical (unpaired) electrons.